The molecule has 0 unspecified atom stereocenters. The van der Waals surface area contributed by atoms with E-state index in [0.29, 0.717) is 17.2 Å². The van der Waals surface area contributed by atoms with Gasteiger partial charge in [0.05, 0.1) is 11.9 Å². The van der Waals surface area contributed by atoms with Gasteiger partial charge in [0.25, 0.3) is 0 Å². The molecule has 5 rings (SSSR count). The van der Waals surface area contributed by atoms with Crippen LogP contribution in [-0.4, -0.2) is 42.4 Å². The average molecular weight is 417 g/mol. The van der Waals surface area contributed by atoms with Crippen LogP contribution in [-0.2, 0) is 6.42 Å². The number of rotatable bonds is 3. The number of anilines is 2. The fourth-order valence-corrected chi connectivity index (χ4v) is 4.08. The molecule has 0 fully saturated rings. The van der Waals surface area contributed by atoms with Crippen molar-refractivity contribution in [2.75, 3.05) is 12.4 Å². The molecule has 1 aromatic carbocycles. The van der Waals surface area contributed by atoms with E-state index in [0.717, 1.165) is 40.0 Å². The highest BCUT2D eigenvalue weighted by Gasteiger charge is 2.33. The van der Waals surface area contributed by atoms with E-state index in [1.165, 1.54) is 6.07 Å². The van der Waals surface area contributed by atoms with Gasteiger partial charge in [0, 0.05) is 53.5 Å². The predicted molar refractivity (Wildman–Crippen MR) is 120 cm³/mol. The minimum absolute atomic E-state index is 0.0305. The molecular weight excluding hydrogens is 393 g/mol. The van der Waals surface area contributed by atoms with E-state index in [2.05, 4.69) is 50.9 Å². The second kappa shape index (κ2) is 6.66. The molecule has 0 saturated heterocycles. The summed E-state index contributed by atoms with van der Waals surface area (Å²) in [6, 6.07) is 7.26. The molecule has 1 aliphatic heterocycles. The lowest BCUT2D eigenvalue weighted by Crippen LogP contribution is -2.47. The van der Waals surface area contributed by atoms with Crippen LogP contribution in [0, 0.1) is 12.7 Å². The van der Waals surface area contributed by atoms with Crippen molar-refractivity contribution in [3.05, 3.63) is 60.4 Å². The molecule has 7 nitrogen and oxygen atoms in total. The predicted octanol–water partition coefficient (Wildman–Crippen LogP) is 4.71. The zero-order valence-electron chi connectivity index (χ0n) is 18.0. The summed E-state index contributed by atoms with van der Waals surface area (Å²) in [6.07, 6.45) is 4.16. The first kappa shape index (κ1) is 19.3. The number of aromatic nitrogens is 5. The zero-order valence-corrected chi connectivity index (χ0v) is 18.0. The molecule has 0 saturated carbocycles. The van der Waals surface area contributed by atoms with E-state index in [1.54, 1.807) is 12.4 Å². The first-order valence-corrected chi connectivity index (χ1v) is 10.1. The molecule has 31 heavy (non-hydrogen) atoms. The third-order valence-corrected chi connectivity index (χ3v) is 6.12. The quantitative estimate of drug-likeness (QED) is 0.505. The van der Waals surface area contributed by atoms with Gasteiger partial charge in [-0.3, -0.25) is 5.10 Å². The van der Waals surface area contributed by atoms with Crippen LogP contribution in [0.2, 0.25) is 0 Å². The number of aryl methyl sites for hydroxylation is 1. The minimum atomic E-state index is -0.300. The van der Waals surface area contributed by atoms with Crippen molar-refractivity contribution < 1.29 is 4.39 Å². The van der Waals surface area contributed by atoms with Crippen LogP contribution >= 0.6 is 0 Å². The molecule has 2 N–H and O–H groups in total. The standard InChI is InChI=1S/C23H24FN7/c1-13-19(12-26-28-13)18-6-15-8-21(25-11-16(15)7-20(18)24)27-22-9-17-10-23(3,4)30(5)14(2)31(17)29-22/h6-9,11-12H,2,10H2,1,3-5H3,(H,26,28)(H,25,27,29). The maximum absolute atomic E-state index is 14.7. The number of hydrogen-bond donors (Lipinski definition) is 2. The van der Waals surface area contributed by atoms with Crippen LogP contribution in [0.1, 0.15) is 25.2 Å². The van der Waals surface area contributed by atoms with Gasteiger partial charge in [0.2, 0.25) is 0 Å². The molecule has 4 heterocycles. The summed E-state index contributed by atoms with van der Waals surface area (Å²) in [5.41, 5.74) is 3.14. The molecule has 158 valence electrons. The van der Waals surface area contributed by atoms with Crippen molar-refractivity contribution in [2.24, 2.45) is 0 Å². The molecule has 0 bridgehead atoms. The molecule has 3 aromatic heterocycles. The highest BCUT2D eigenvalue weighted by atomic mass is 19.1. The van der Waals surface area contributed by atoms with Gasteiger partial charge in [-0.1, -0.05) is 6.58 Å². The van der Waals surface area contributed by atoms with E-state index >= 15 is 0 Å². The first-order chi connectivity index (χ1) is 14.7. The molecule has 0 atom stereocenters. The molecule has 0 aliphatic carbocycles. The Labute approximate surface area is 179 Å². The number of halogens is 1. The van der Waals surface area contributed by atoms with E-state index in [4.69, 9.17) is 0 Å². The zero-order chi connectivity index (χ0) is 21.9. The van der Waals surface area contributed by atoms with Crippen LogP contribution in [0.4, 0.5) is 16.0 Å². The number of pyridine rings is 1. The Kier molecular flexibility index (Phi) is 4.15. The van der Waals surface area contributed by atoms with Gasteiger partial charge >= 0.3 is 0 Å². The first-order valence-electron chi connectivity index (χ1n) is 10.1. The van der Waals surface area contributed by atoms with Gasteiger partial charge in [-0.15, -0.1) is 5.10 Å². The Morgan fingerprint density at radius 2 is 1.90 bits per heavy atom. The maximum atomic E-state index is 14.7. The number of benzene rings is 1. The minimum Gasteiger partial charge on any atom is -0.355 e. The van der Waals surface area contributed by atoms with E-state index in [-0.39, 0.29) is 11.4 Å². The van der Waals surface area contributed by atoms with Gasteiger partial charge in [-0.25, -0.2) is 14.1 Å². The second-order valence-electron chi connectivity index (χ2n) is 8.68. The Morgan fingerprint density at radius 3 is 2.65 bits per heavy atom. The monoisotopic (exact) mass is 417 g/mol. The topological polar surface area (TPSA) is 74.7 Å². The molecule has 8 heteroatoms. The molecule has 0 amide bonds. The van der Waals surface area contributed by atoms with Gasteiger partial charge in [0.15, 0.2) is 5.82 Å². The number of H-pyrrole nitrogens is 1. The summed E-state index contributed by atoms with van der Waals surface area (Å²) in [7, 11) is 2.03. The fraction of sp³-hybridized carbons (Fsp3) is 0.261. The molecule has 1 aliphatic rings. The third-order valence-electron chi connectivity index (χ3n) is 6.12. The SMILES string of the molecule is C=C1N(C)C(C)(C)Cc2cc(Nc3cc4cc(-c5cn[nH]c5C)c(F)cc4cn3)nn21. The van der Waals surface area contributed by atoms with Crippen molar-refractivity contribution in [3.63, 3.8) is 0 Å². The summed E-state index contributed by atoms with van der Waals surface area (Å²) in [4.78, 5) is 6.58. The van der Waals surface area contributed by atoms with Gasteiger partial charge in [-0.2, -0.15) is 5.10 Å². The van der Waals surface area contributed by atoms with Crippen molar-refractivity contribution in [1.29, 1.82) is 0 Å². The third kappa shape index (κ3) is 3.15. The van der Waals surface area contributed by atoms with Crippen LogP contribution in [0.5, 0.6) is 0 Å². The Bertz CT molecular complexity index is 1330. The maximum Gasteiger partial charge on any atom is 0.154 e. The van der Waals surface area contributed by atoms with Crippen LogP contribution in [0.25, 0.3) is 27.7 Å². The lowest BCUT2D eigenvalue weighted by atomic mass is 9.94. The van der Waals surface area contributed by atoms with E-state index in [1.807, 2.05) is 36.9 Å². The van der Waals surface area contributed by atoms with Crippen molar-refractivity contribution >= 4 is 28.2 Å². The molecule has 0 radical (unpaired) electrons. The molecule has 0 spiro atoms. The number of nitrogens with one attached hydrogen (secondary N) is 2. The largest absolute Gasteiger partial charge is 0.355 e. The van der Waals surface area contributed by atoms with Gasteiger partial charge < -0.3 is 10.2 Å². The lowest BCUT2D eigenvalue weighted by molar-refractivity contribution is 0.204. The number of aromatic amines is 1. The Hall–Kier alpha value is -3.68. The highest BCUT2D eigenvalue weighted by Crippen LogP contribution is 2.33. The summed E-state index contributed by atoms with van der Waals surface area (Å²) in [5.74, 6) is 1.87. The van der Waals surface area contributed by atoms with Gasteiger partial charge in [0.1, 0.15) is 17.5 Å². The number of hydrogen-bond acceptors (Lipinski definition) is 5. The molecular formula is C23H24FN7. The summed E-state index contributed by atoms with van der Waals surface area (Å²) < 4.78 is 16.5. The van der Waals surface area contributed by atoms with Crippen molar-refractivity contribution in [1.82, 2.24) is 29.9 Å². The van der Waals surface area contributed by atoms with E-state index < -0.39 is 0 Å². The normalized spacial score (nSPS) is 15.4. The second-order valence-corrected chi connectivity index (χ2v) is 8.68. The smallest absolute Gasteiger partial charge is 0.154 e. The van der Waals surface area contributed by atoms with Crippen molar-refractivity contribution in [3.8, 4) is 11.1 Å². The molecule has 4 aromatic rings. The highest BCUT2D eigenvalue weighted by molar-refractivity contribution is 5.89. The number of nitrogens with zero attached hydrogens (tertiary/aromatic N) is 5. The van der Waals surface area contributed by atoms with Crippen LogP contribution in [0.15, 0.2) is 43.2 Å². The summed E-state index contributed by atoms with van der Waals surface area (Å²) in [5, 5.41) is 16.4. The summed E-state index contributed by atoms with van der Waals surface area (Å²) >= 11 is 0. The fourth-order valence-electron chi connectivity index (χ4n) is 4.08. The van der Waals surface area contributed by atoms with Crippen LogP contribution < -0.4 is 5.32 Å². The number of likely N-dealkylation sites (N-methyl/N-ethyl adjacent to an activating group) is 1. The van der Waals surface area contributed by atoms with Crippen LogP contribution in [0.3, 0.4) is 0 Å². The lowest BCUT2D eigenvalue weighted by Gasteiger charge is -2.42. The van der Waals surface area contributed by atoms with Crippen molar-refractivity contribution in [2.45, 2.75) is 32.7 Å². The average Bonchev–Trinajstić information content (AvgIpc) is 3.31. The Balaban J connectivity index is 1.50. The van der Waals surface area contributed by atoms with Gasteiger partial charge in [-0.05, 0) is 44.4 Å². The summed E-state index contributed by atoms with van der Waals surface area (Å²) in [6.45, 7) is 10.4. The van der Waals surface area contributed by atoms with E-state index in [9.17, 15) is 4.39 Å². The number of fused-ring (bicyclic) bond motifs is 2. The Morgan fingerprint density at radius 1 is 1.10 bits per heavy atom.